The highest BCUT2D eigenvalue weighted by Gasteiger charge is 2.44. The van der Waals surface area contributed by atoms with Gasteiger partial charge in [0, 0.05) is 29.1 Å². The standard InChI is InChI=1S/C43H30N4O/c1-3-12-31(13-4-1)23-26-44-29-32-14-11-25-43(37-19-9-7-17-35(37)36-18-8-10-20-38(36)43)39-22-21-34(28-40(39)48-27-24-32)42-46-30-45-41(47-42)33-15-5-2-6-16-33/h1-30H/b25-11+,26-23-,27-24+,32-14+,44-29-. The number of aliphatic imine (C=N–C) groups is 1. The number of ether oxygens (including phenoxy) is 1. The first-order valence-corrected chi connectivity index (χ1v) is 15.9. The van der Waals surface area contributed by atoms with E-state index < -0.39 is 5.41 Å². The monoisotopic (exact) mass is 618 g/mol. The van der Waals surface area contributed by atoms with Crippen LogP contribution in [0.4, 0.5) is 0 Å². The van der Waals surface area contributed by atoms with Crippen molar-refractivity contribution >= 4 is 12.3 Å². The van der Waals surface area contributed by atoms with Gasteiger partial charge in [-0.3, -0.25) is 4.99 Å². The van der Waals surface area contributed by atoms with Crippen LogP contribution in [0.15, 0.2) is 181 Å². The first-order chi connectivity index (χ1) is 23.8. The summed E-state index contributed by atoms with van der Waals surface area (Å²) in [5.74, 6) is 1.91. The van der Waals surface area contributed by atoms with E-state index >= 15 is 0 Å². The van der Waals surface area contributed by atoms with Gasteiger partial charge in [-0.05, 0) is 51.6 Å². The second kappa shape index (κ2) is 12.7. The van der Waals surface area contributed by atoms with Crippen LogP contribution < -0.4 is 4.74 Å². The summed E-state index contributed by atoms with van der Waals surface area (Å²) in [7, 11) is 0. The minimum atomic E-state index is -0.605. The molecule has 1 aliphatic carbocycles. The number of fused-ring (bicyclic) bond motifs is 7. The Morgan fingerprint density at radius 3 is 2.06 bits per heavy atom. The van der Waals surface area contributed by atoms with E-state index in [0.29, 0.717) is 17.4 Å². The van der Waals surface area contributed by atoms with Crippen molar-refractivity contribution in [3.63, 3.8) is 0 Å². The third-order valence-corrected chi connectivity index (χ3v) is 8.73. The minimum absolute atomic E-state index is 0.575. The quantitative estimate of drug-likeness (QED) is 0.181. The van der Waals surface area contributed by atoms with Crippen molar-refractivity contribution in [2.75, 3.05) is 0 Å². The maximum atomic E-state index is 6.56. The molecular weight excluding hydrogens is 589 g/mol. The molecule has 5 heteroatoms. The Kier molecular flexibility index (Phi) is 7.69. The number of hydrogen-bond acceptors (Lipinski definition) is 5. The number of rotatable bonds is 5. The van der Waals surface area contributed by atoms with Crippen molar-refractivity contribution in [3.8, 4) is 39.7 Å². The van der Waals surface area contributed by atoms with Crippen LogP contribution in [0.2, 0.25) is 0 Å². The minimum Gasteiger partial charge on any atom is -0.465 e. The van der Waals surface area contributed by atoms with E-state index in [9.17, 15) is 0 Å². The first-order valence-electron chi connectivity index (χ1n) is 15.9. The van der Waals surface area contributed by atoms with Gasteiger partial charge in [-0.15, -0.1) is 0 Å². The van der Waals surface area contributed by atoms with Crippen LogP contribution >= 0.6 is 0 Å². The topological polar surface area (TPSA) is 60.3 Å². The van der Waals surface area contributed by atoms with E-state index in [1.165, 1.54) is 22.3 Å². The Balaban J connectivity index is 1.26. The molecule has 0 N–H and O–H groups in total. The Bertz CT molecular complexity index is 2220. The fourth-order valence-corrected chi connectivity index (χ4v) is 6.53. The van der Waals surface area contributed by atoms with Gasteiger partial charge in [0.2, 0.25) is 0 Å². The van der Waals surface area contributed by atoms with Gasteiger partial charge in [0.15, 0.2) is 11.6 Å². The Morgan fingerprint density at radius 2 is 1.31 bits per heavy atom. The molecule has 1 spiro atoms. The lowest BCUT2D eigenvalue weighted by Gasteiger charge is -2.31. The molecule has 0 saturated heterocycles. The third kappa shape index (κ3) is 5.37. The maximum absolute atomic E-state index is 6.56. The number of allylic oxidation sites excluding steroid dienone is 5. The van der Waals surface area contributed by atoms with Crippen molar-refractivity contribution in [1.82, 2.24) is 15.0 Å². The van der Waals surface area contributed by atoms with Crippen LogP contribution in [0.25, 0.3) is 40.0 Å². The molecule has 1 aromatic heterocycles. The third-order valence-electron chi connectivity index (χ3n) is 8.73. The van der Waals surface area contributed by atoms with Gasteiger partial charge in [0.1, 0.15) is 12.1 Å². The van der Waals surface area contributed by atoms with E-state index in [2.05, 4.69) is 93.9 Å². The van der Waals surface area contributed by atoms with E-state index in [1.807, 2.05) is 85.1 Å². The normalized spacial score (nSPS) is 16.8. The second-order valence-corrected chi connectivity index (χ2v) is 11.6. The molecule has 48 heavy (non-hydrogen) atoms. The molecule has 5 aromatic carbocycles. The Morgan fingerprint density at radius 1 is 0.646 bits per heavy atom. The van der Waals surface area contributed by atoms with E-state index in [0.717, 1.165) is 27.8 Å². The largest absolute Gasteiger partial charge is 0.465 e. The Labute approximate surface area is 279 Å². The van der Waals surface area contributed by atoms with Crippen LogP contribution in [0.1, 0.15) is 22.3 Å². The molecule has 1 aliphatic heterocycles. The molecule has 228 valence electrons. The van der Waals surface area contributed by atoms with Crippen LogP contribution in [-0.2, 0) is 5.41 Å². The molecule has 0 saturated carbocycles. The zero-order valence-electron chi connectivity index (χ0n) is 26.0. The highest BCUT2D eigenvalue weighted by Crippen LogP contribution is 2.55. The van der Waals surface area contributed by atoms with Crippen LogP contribution in [0, 0.1) is 0 Å². The average Bonchev–Trinajstić information content (AvgIpc) is 3.44. The molecule has 0 unspecified atom stereocenters. The van der Waals surface area contributed by atoms with Crippen molar-refractivity contribution < 1.29 is 4.74 Å². The number of hydrogen-bond donors (Lipinski definition) is 0. The molecule has 0 fully saturated rings. The lowest BCUT2D eigenvalue weighted by molar-refractivity contribution is 0.469. The van der Waals surface area contributed by atoms with E-state index in [4.69, 9.17) is 9.72 Å². The van der Waals surface area contributed by atoms with Crippen molar-refractivity contribution in [3.05, 3.63) is 198 Å². The molecule has 8 rings (SSSR count). The van der Waals surface area contributed by atoms with Gasteiger partial charge in [0.05, 0.1) is 11.7 Å². The second-order valence-electron chi connectivity index (χ2n) is 11.6. The molecule has 0 bridgehead atoms. The van der Waals surface area contributed by atoms with E-state index in [-0.39, 0.29) is 0 Å². The summed E-state index contributed by atoms with van der Waals surface area (Å²) in [4.78, 5) is 18.4. The molecule has 2 aliphatic rings. The average molecular weight is 619 g/mol. The Hall–Kier alpha value is -6.46. The van der Waals surface area contributed by atoms with Gasteiger partial charge < -0.3 is 4.74 Å². The summed E-state index contributed by atoms with van der Waals surface area (Å²) >= 11 is 0. The summed E-state index contributed by atoms with van der Waals surface area (Å²) in [6, 6.07) is 43.6. The molecular formula is C43H30N4O. The molecule has 0 atom stereocenters. The van der Waals surface area contributed by atoms with Crippen LogP contribution in [0.5, 0.6) is 5.75 Å². The summed E-state index contributed by atoms with van der Waals surface area (Å²) in [6.07, 6.45) is 17.3. The molecule has 0 amide bonds. The predicted molar refractivity (Wildman–Crippen MR) is 193 cm³/mol. The lowest BCUT2D eigenvalue weighted by Crippen LogP contribution is -2.25. The highest BCUT2D eigenvalue weighted by molar-refractivity contribution is 5.87. The van der Waals surface area contributed by atoms with Crippen molar-refractivity contribution in [1.29, 1.82) is 0 Å². The van der Waals surface area contributed by atoms with Crippen LogP contribution in [-0.4, -0.2) is 21.2 Å². The van der Waals surface area contributed by atoms with Gasteiger partial charge in [-0.2, -0.15) is 0 Å². The fraction of sp³-hybridized carbons (Fsp3) is 0.0233. The number of nitrogens with zero attached hydrogens (tertiary/aromatic N) is 4. The zero-order chi connectivity index (χ0) is 32.2. The van der Waals surface area contributed by atoms with Crippen molar-refractivity contribution in [2.45, 2.75) is 5.41 Å². The number of aromatic nitrogens is 3. The summed E-state index contributed by atoms with van der Waals surface area (Å²) in [5, 5.41) is 0. The molecule has 5 nitrogen and oxygen atoms in total. The maximum Gasteiger partial charge on any atom is 0.163 e. The van der Waals surface area contributed by atoms with Gasteiger partial charge >= 0.3 is 0 Å². The fourth-order valence-electron chi connectivity index (χ4n) is 6.53. The summed E-state index contributed by atoms with van der Waals surface area (Å²) < 4.78 is 6.56. The number of benzene rings is 5. The van der Waals surface area contributed by atoms with Gasteiger partial charge in [-0.25, -0.2) is 15.0 Å². The zero-order valence-corrected chi connectivity index (χ0v) is 26.0. The smallest absolute Gasteiger partial charge is 0.163 e. The predicted octanol–water partition coefficient (Wildman–Crippen LogP) is 9.65. The summed E-state index contributed by atoms with van der Waals surface area (Å²) in [5.41, 5.74) is 8.99. The SMILES string of the molecule is C(=C\c1ccccc1)\N=C/C1=C/C=C/C2(c3ccc(-c4ncnc(-c5ccccc5)n4)cc3O\C=C\1)c1ccccc1-c1ccccc12. The van der Waals surface area contributed by atoms with Gasteiger partial charge in [-0.1, -0.05) is 140 Å². The van der Waals surface area contributed by atoms with Crippen molar-refractivity contribution in [2.24, 2.45) is 4.99 Å². The molecule has 2 heterocycles. The van der Waals surface area contributed by atoms with Crippen LogP contribution in [0.3, 0.4) is 0 Å². The first kappa shape index (κ1) is 29.0. The van der Waals surface area contributed by atoms with Gasteiger partial charge in [0.25, 0.3) is 0 Å². The summed E-state index contributed by atoms with van der Waals surface area (Å²) in [6.45, 7) is 0. The lowest BCUT2D eigenvalue weighted by atomic mass is 9.71. The van der Waals surface area contributed by atoms with E-state index in [1.54, 1.807) is 18.8 Å². The molecule has 6 aromatic rings. The molecule has 0 radical (unpaired) electrons. The highest BCUT2D eigenvalue weighted by atomic mass is 16.5.